The Kier molecular flexibility index (Phi) is 5.74. The molecule has 6 heteroatoms. The number of carbonyl (C=O) groups is 2. The zero-order chi connectivity index (χ0) is 19.4. The molecule has 142 valence electrons. The lowest BCUT2D eigenvalue weighted by molar-refractivity contribution is -0.135. The van der Waals surface area contributed by atoms with Crippen LogP contribution in [0.3, 0.4) is 0 Å². The third kappa shape index (κ3) is 4.64. The van der Waals surface area contributed by atoms with Gasteiger partial charge in [-0.05, 0) is 38.0 Å². The number of nitrogens with zero attached hydrogens (tertiary/aromatic N) is 1. The van der Waals surface area contributed by atoms with E-state index in [0.29, 0.717) is 11.3 Å². The van der Waals surface area contributed by atoms with Crippen molar-refractivity contribution in [2.75, 3.05) is 13.7 Å². The van der Waals surface area contributed by atoms with Crippen LogP contribution in [0.25, 0.3) is 0 Å². The molecule has 0 unspecified atom stereocenters. The fourth-order valence-corrected chi connectivity index (χ4v) is 2.89. The number of rotatable bonds is 7. The van der Waals surface area contributed by atoms with Crippen LogP contribution < -0.4 is 4.74 Å². The maximum atomic E-state index is 13.9. The Morgan fingerprint density at radius 2 is 1.93 bits per heavy atom. The van der Waals surface area contributed by atoms with Crippen molar-refractivity contribution < 1.29 is 23.5 Å². The van der Waals surface area contributed by atoms with Crippen LogP contribution in [0, 0.1) is 12.7 Å². The molecular weight excluding hydrogens is 349 g/mol. The number of ether oxygens (including phenoxy) is 2. The van der Waals surface area contributed by atoms with Crippen molar-refractivity contribution in [2.45, 2.75) is 32.4 Å². The van der Waals surface area contributed by atoms with Crippen LogP contribution >= 0.6 is 0 Å². The average Bonchev–Trinajstić information content (AvgIpc) is 3.50. The van der Waals surface area contributed by atoms with Gasteiger partial charge in [0.1, 0.15) is 17.1 Å². The molecule has 27 heavy (non-hydrogen) atoms. The normalized spacial score (nSPS) is 13.1. The van der Waals surface area contributed by atoms with Gasteiger partial charge in [-0.2, -0.15) is 0 Å². The standard InChI is InChI=1S/C21H22FNO4/c1-14-7-10-19(26-2)17(11-14)21(25)27-13-20(24)23(16-8-9-16)12-15-5-3-4-6-18(15)22/h3-7,10-11,16H,8-9,12-13H2,1-2H3. The molecule has 0 atom stereocenters. The zero-order valence-electron chi connectivity index (χ0n) is 15.4. The van der Waals surface area contributed by atoms with Gasteiger partial charge in [0.05, 0.1) is 7.11 Å². The van der Waals surface area contributed by atoms with Gasteiger partial charge in [0.15, 0.2) is 6.61 Å². The van der Waals surface area contributed by atoms with Crippen molar-refractivity contribution in [3.8, 4) is 5.75 Å². The van der Waals surface area contributed by atoms with E-state index in [9.17, 15) is 14.0 Å². The lowest BCUT2D eigenvalue weighted by Gasteiger charge is -2.22. The van der Waals surface area contributed by atoms with Crippen molar-refractivity contribution in [1.82, 2.24) is 4.90 Å². The Hall–Kier alpha value is -2.89. The van der Waals surface area contributed by atoms with Crippen molar-refractivity contribution >= 4 is 11.9 Å². The van der Waals surface area contributed by atoms with Crippen LogP contribution in [0.4, 0.5) is 4.39 Å². The van der Waals surface area contributed by atoms with E-state index >= 15 is 0 Å². The molecule has 0 N–H and O–H groups in total. The Bertz CT molecular complexity index is 848. The highest BCUT2D eigenvalue weighted by molar-refractivity contribution is 5.94. The van der Waals surface area contributed by atoms with E-state index in [0.717, 1.165) is 18.4 Å². The van der Waals surface area contributed by atoms with Gasteiger partial charge in [-0.25, -0.2) is 9.18 Å². The summed E-state index contributed by atoms with van der Waals surface area (Å²) < 4.78 is 24.3. The predicted molar refractivity (Wildman–Crippen MR) is 98.0 cm³/mol. The summed E-state index contributed by atoms with van der Waals surface area (Å²) >= 11 is 0. The lowest BCUT2D eigenvalue weighted by Crippen LogP contribution is -2.36. The summed E-state index contributed by atoms with van der Waals surface area (Å²) in [6, 6.07) is 11.6. The highest BCUT2D eigenvalue weighted by Crippen LogP contribution is 2.29. The Balaban J connectivity index is 1.66. The second kappa shape index (κ2) is 8.20. The number of benzene rings is 2. The second-order valence-corrected chi connectivity index (χ2v) is 6.62. The van der Waals surface area contributed by atoms with Gasteiger partial charge in [0.25, 0.3) is 5.91 Å². The van der Waals surface area contributed by atoms with E-state index < -0.39 is 5.97 Å². The molecule has 1 aliphatic carbocycles. The second-order valence-electron chi connectivity index (χ2n) is 6.62. The summed E-state index contributed by atoms with van der Waals surface area (Å²) in [5, 5.41) is 0. The first kappa shape index (κ1) is 18.9. The third-order valence-corrected chi connectivity index (χ3v) is 4.51. The quantitative estimate of drug-likeness (QED) is 0.699. The van der Waals surface area contributed by atoms with Crippen molar-refractivity contribution in [1.29, 1.82) is 0 Å². The van der Waals surface area contributed by atoms with Gasteiger partial charge < -0.3 is 14.4 Å². The van der Waals surface area contributed by atoms with E-state index in [1.54, 1.807) is 35.2 Å². The van der Waals surface area contributed by atoms with Crippen LogP contribution in [-0.2, 0) is 16.1 Å². The summed E-state index contributed by atoms with van der Waals surface area (Å²) in [6.45, 7) is 1.63. The summed E-state index contributed by atoms with van der Waals surface area (Å²) in [5.74, 6) is -0.910. The molecule has 1 aliphatic rings. The highest BCUT2D eigenvalue weighted by atomic mass is 19.1. The van der Waals surface area contributed by atoms with E-state index in [1.165, 1.54) is 13.2 Å². The first-order chi connectivity index (χ1) is 13.0. The molecule has 3 rings (SSSR count). The van der Waals surface area contributed by atoms with E-state index in [-0.39, 0.29) is 36.5 Å². The monoisotopic (exact) mass is 371 g/mol. The summed E-state index contributed by atoms with van der Waals surface area (Å²) in [6.07, 6.45) is 1.75. The minimum atomic E-state index is -0.620. The molecular formula is C21H22FNO4. The van der Waals surface area contributed by atoms with E-state index in [1.807, 2.05) is 13.0 Å². The number of methoxy groups -OCH3 is 1. The SMILES string of the molecule is COc1ccc(C)cc1C(=O)OCC(=O)N(Cc1ccccc1F)C1CC1. The molecule has 0 spiro atoms. The molecule has 2 aromatic rings. The maximum absolute atomic E-state index is 13.9. The smallest absolute Gasteiger partial charge is 0.342 e. The number of carbonyl (C=O) groups excluding carboxylic acids is 2. The molecule has 5 nitrogen and oxygen atoms in total. The number of aryl methyl sites for hydroxylation is 1. The third-order valence-electron chi connectivity index (χ3n) is 4.51. The molecule has 1 amide bonds. The Morgan fingerprint density at radius 1 is 1.19 bits per heavy atom. The zero-order valence-corrected chi connectivity index (χ0v) is 15.4. The largest absolute Gasteiger partial charge is 0.496 e. The van der Waals surface area contributed by atoms with Crippen molar-refractivity contribution in [3.63, 3.8) is 0 Å². The van der Waals surface area contributed by atoms with E-state index in [2.05, 4.69) is 0 Å². The number of amides is 1. The lowest BCUT2D eigenvalue weighted by atomic mass is 10.1. The fourth-order valence-electron chi connectivity index (χ4n) is 2.89. The van der Waals surface area contributed by atoms with Crippen LogP contribution in [-0.4, -0.2) is 36.5 Å². The summed E-state index contributed by atoms with van der Waals surface area (Å²) in [7, 11) is 1.47. The Labute approximate surface area is 157 Å². The first-order valence-electron chi connectivity index (χ1n) is 8.84. The first-order valence-corrected chi connectivity index (χ1v) is 8.84. The van der Waals surface area contributed by atoms with Gasteiger partial charge in [-0.1, -0.05) is 29.8 Å². The van der Waals surface area contributed by atoms with Gasteiger partial charge >= 0.3 is 5.97 Å². The number of hydrogen-bond donors (Lipinski definition) is 0. The number of esters is 1. The van der Waals surface area contributed by atoms with Gasteiger partial charge in [-0.3, -0.25) is 4.79 Å². The number of halogens is 1. The summed E-state index contributed by atoms with van der Waals surface area (Å²) in [4.78, 5) is 26.5. The fraction of sp³-hybridized carbons (Fsp3) is 0.333. The van der Waals surface area contributed by atoms with Crippen LogP contribution in [0.15, 0.2) is 42.5 Å². The maximum Gasteiger partial charge on any atom is 0.342 e. The molecule has 2 aromatic carbocycles. The van der Waals surface area contributed by atoms with Gasteiger partial charge in [0.2, 0.25) is 0 Å². The summed E-state index contributed by atoms with van der Waals surface area (Å²) in [5.41, 5.74) is 1.61. The number of hydrogen-bond acceptors (Lipinski definition) is 4. The molecule has 0 aliphatic heterocycles. The topological polar surface area (TPSA) is 55.8 Å². The Morgan fingerprint density at radius 3 is 2.59 bits per heavy atom. The van der Waals surface area contributed by atoms with Crippen molar-refractivity contribution in [2.24, 2.45) is 0 Å². The molecule has 0 radical (unpaired) electrons. The highest BCUT2D eigenvalue weighted by Gasteiger charge is 2.33. The van der Waals surface area contributed by atoms with Crippen LogP contribution in [0.5, 0.6) is 5.75 Å². The molecule has 1 saturated carbocycles. The average molecular weight is 371 g/mol. The van der Waals surface area contributed by atoms with Crippen molar-refractivity contribution in [3.05, 3.63) is 65.0 Å². The molecule has 0 bridgehead atoms. The molecule has 1 fully saturated rings. The molecule has 0 heterocycles. The molecule has 0 saturated heterocycles. The minimum Gasteiger partial charge on any atom is -0.496 e. The van der Waals surface area contributed by atoms with Gasteiger partial charge in [-0.15, -0.1) is 0 Å². The molecule has 0 aromatic heterocycles. The van der Waals surface area contributed by atoms with Crippen LogP contribution in [0.2, 0.25) is 0 Å². The predicted octanol–water partition coefficient (Wildman–Crippen LogP) is 3.49. The van der Waals surface area contributed by atoms with E-state index in [4.69, 9.17) is 9.47 Å². The van der Waals surface area contributed by atoms with Gasteiger partial charge in [0, 0.05) is 18.2 Å². The van der Waals surface area contributed by atoms with Crippen LogP contribution in [0.1, 0.15) is 34.3 Å². The minimum absolute atomic E-state index is 0.0734.